The third kappa shape index (κ3) is 6.35. The van der Waals surface area contributed by atoms with Crippen LogP contribution in [0.25, 0.3) is 0 Å². The number of hydrogen-bond acceptors (Lipinski definition) is 6. The highest BCUT2D eigenvalue weighted by Crippen LogP contribution is 2.38. The number of ether oxygens (including phenoxy) is 3. The van der Waals surface area contributed by atoms with Gasteiger partial charge in [0.25, 0.3) is 0 Å². The molecule has 3 rings (SSSR count). The van der Waals surface area contributed by atoms with Gasteiger partial charge >= 0.3 is 0 Å². The van der Waals surface area contributed by atoms with Crippen LogP contribution in [0, 0.1) is 0 Å². The Labute approximate surface area is 186 Å². The van der Waals surface area contributed by atoms with Crippen LogP contribution in [0.3, 0.4) is 0 Å². The first-order valence-corrected chi connectivity index (χ1v) is 11.1. The molecule has 1 aliphatic heterocycles. The van der Waals surface area contributed by atoms with E-state index in [1.165, 1.54) is 5.56 Å². The number of rotatable bonds is 11. The van der Waals surface area contributed by atoms with E-state index in [0.717, 1.165) is 57.5 Å². The van der Waals surface area contributed by atoms with Crippen LogP contribution < -0.4 is 14.2 Å². The molecule has 0 radical (unpaired) electrons. The maximum absolute atomic E-state index is 9.62. The Balaban J connectivity index is 1.59. The number of aliphatic hydroxyl groups excluding tert-OH is 1. The normalized spacial score (nSPS) is 17.5. The van der Waals surface area contributed by atoms with E-state index < -0.39 is 0 Å². The number of aryl methyl sites for hydroxylation is 1. The number of piperazine rings is 1. The minimum Gasteiger partial charge on any atom is -0.493 e. The van der Waals surface area contributed by atoms with Crippen LogP contribution in [0.1, 0.15) is 24.0 Å². The molecule has 1 aliphatic rings. The molecular formula is C25H36N2O4. The Morgan fingerprint density at radius 1 is 0.935 bits per heavy atom. The maximum atomic E-state index is 9.62. The molecule has 2 aromatic rings. The third-order valence-electron chi connectivity index (χ3n) is 6.04. The third-order valence-corrected chi connectivity index (χ3v) is 6.04. The minimum atomic E-state index is 0.220. The van der Waals surface area contributed by atoms with Gasteiger partial charge in [-0.3, -0.25) is 9.80 Å². The summed E-state index contributed by atoms with van der Waals surface area (Å²) >= 11 is 0. The van der Waals surface area contributed by atoms with Crippen molar-refractivity contribution in [2.75, 3.05) is 54.1 Å². The summed E-state index contributed by atoms with van der Waals surface area (Å²) in [5, 5.41) is 9.62. The van der Waals surface area contributed by atoms with Gasteiger partial charge in [0.05, 0.1) is 21.3 Å². The van der Waals surface area contributed by atoms with Gasteiger partial charge in [-0.15, -0.1) is 0 Å². The first kappa shape index (κ1) is 23.4. The molecule has 1 atom stereocenters. The van der Waals surface area contributed by atoms with E-state index in [1.807, 2.05) is 12.1 Å². The molecule has 2 aromatic carbocycles. The molecule has 0 bridgehead atoms. The molecule has 6 heteroatoms. The fourth-order valence-corrected chi connectivity index (χ4v) is 4.43. The summed E-state index contributed by atoms with van der Waals surface area (Å²) in [6, 6.07) is 15.1. The summed E-state index contributed by atoms with van der Waals surface area (Å²) in [6.07, 6.45) is 3.04. The Morgan fingerprint density at radius 3 is 2.26 bits per heavy atom. The van der Waals surface area contributed by atoms with Crippen molar-refractivity contribution in [1.29, 1.82) is 0 Å². The Hall–Kier alpha value is -2.28. The second kappa shape index (κ2) is 11.9. The van der Waals surface area contributed by atoms with E-state index in [4.69, 9.17) is 14.2 Å². The van der Waals surface area contributed by atoms with Crippen molar-refractivity contribution in [2.24, 2.45) is 0 Å². The van der Waals surface area contributed by atoms with Gasteiger partial charge in [-0.2, -0.15) is 0 Å². The molecule has 1 fully saturated rings. The van der Waals surface area contributed by atoms with Crippen LogP contribution in [-0.2, 0) is 13.0 Å². The summed E-state index contributed by atoms with van der Waals surface area (Å²) in [7, 11) is 4.91. The lowest BCUT2D eigenvalue weighted by Crippen LogP contribution is -2.53. The summed E-state index contributed by atoms with van der Waals surface area (Å²) in [5.41, 5.74) is 2.53. The number of nitrogens with zero attached hydrogens (tertiary/aromatic N) is 2. The Kier molecular flexibility index (Phi) is 9.00. The number of aliphatic hydroxyl groups is 1. The molecule has 31 heavy (non-hydrogen) atoms. The topological polar surface area (TPSA) is 54.4 Å². The lowest BCUT2D eigenvalue weighted by atomic mass is 10.1. The van der Waals surface area contributed by atoms with Crippen LogP contribution in [0.15, 0.2) is 42.5 Å². The van der Waals surface area contributed by atoms with Gasteiger partial charge in [-0.25, -0.2) is 0 Å². The smallest absolute Gasteiger partial charge is 0.203 e. The van der Waals surface area contributed by atoms with E-state index in [-0.39, 0.29) is 6.61 Å². The van der Waals surface area contributed by atoms with E-state index in [9.17, 15) is 5.11 Å². The molecule has 0 spiro atoms. The van der Waals surface area contributed by atoms with Crippen LogP contribution >= 0.6 is 0 Å². The second-order valence-electron chi connectivity index (χ2n) is 8.06. The number of benzene rings is 2. The molecule has 1 N–H and O–H groups in total. The van der Waals surface area contributed by atoms with E-state index in [2.05, 4.69) is 40.1 Å². The predicted octanol–water partition coefficient (Wildman–Crippen LogP) is 3.21. The van der Waals surface area contributed by atoms with E-state index >= 15 is 0 Å². The molecule has 0 amide bonds. The minimum absolute atomic E-state index is 0.220. The highest BCUT2D eigenvalue weighted by atomic mass is 16.5. The highest BCUT2D eigenvalue weighted by molar-refractivity contribution is 5.53. The number of methoxy groups -OCH3 is 3. The maximum Gasteiger partial charge on any atom is 0.203 e. The zero-order valence-corrected chi connectivity index (χ0v) is 19.0. The summed E-state index contributed by atoms with van der Waals surface area (Å²) in [6.45, 7) is 5.07. The molecule has 1 heterocycles. The van der Waals surface area contributed by atoms with Gasteiger partial charge in [-0.05, 0) is 49.1 Å². The largest absolute Gasteiger partial charge is 0.493 e. The van der Waals surface area contributed by atoms with E-state index in [1.54, 1.807) is 21.3 Å². The van der Waals surface area contributed by atoms with Gasteiger partial charge in [0.1, 0.15) is 0 Å². The molecule has 0 unspecified atom stereocenters. The monoisotopic (exact) mass is 428 g/mol. The van der Waals surface area contributed by atoms with Crippen LogP contribution in [0.2, 0.25) is 0 Å². The lowest BCUT2D eigenvalue weighted by Gasteiger charge is -2.41. The summed E-state index contributed by atoms with van der Waals surface area (Å²) < 4.78 is 16.4. The molecule has 0 saturated carbocycles. The Bertz CT molecular complexity index is 774. The SMILES string of the molecule is COc1cc(CN2CCN(CCCc3ccccc3)[C@@H](CCO)C2)cc(OC)c1OC. The molecule has 0 aliphatic carbocycles. The zero-order chi connectivity index (χ0) is 22.1. The molecular weight excluding hydrogens is 392 g/mol. The first-order valence-electron chi connectivity index (χ1n) is 11.1. The van der Waals surface area contributed by atoms with Crippen molar-refractivity contribution in [2.45, 2.75) is 31.8 Å². The van der Waals surface area contributed by atoms with Crippen molar-refractivity contribution in [3.63, 3.8) is 0 Å². The number of hydrogen-bond donors (Lipinski definition) is 1. The summed E-state index contributed by atoms with van der Waals surface area (Å²) in [4.78, 5) is 5.00. The van der Waals surface area contributed by atoms with Gasteiger partial charge < -0.3 is 19.3 Å². The van der Waals surface area contributed by atoms with Crippen molar-refractivity contribution in [1.82, 2.24) is 9.80 Å². The average Bonchev–Trinajstić information content (AvgIpc) is 2.80. The van der Waals surface area contributed by atoms with Crippen molar-refractivity contribution >= 4 is 0 Å². The van der Waals surface area contributed by atoms with E-state index in [0.29, 0.717) is 23.3 Å². The lowest BCUT2D eigenvalue weighted by molar-refractivity contribution is 0.0546. The van der Waals surface area contributed by atoms with Gasteiger partial charge in [0, 0.05) is 38.8 Å². The van der Waals surface area contributed by atoms with Crippen LogP contribution in [0.5, 0.6) is 17.2 Å². The fraction of sp³-hybridized carbons (Fsp3) is 0.520. The standard InChI is InChI=1S/C25H36N2O4/c1-29-23-16-21(17-24(30-2)25(23)31-3)18-26-13-14-27(22(19-26)11-15-28)12-7-10-20-8-5-4-6-9-20/h4-6,8-9,16-17,22,28H,7,10-15,18-19H2,1-3H3/t22-/m0/s1. The van der Waals surface area contributed by atoms with Gasteiger partial charge in [0.15, 0.2) is 11.5 Å². The van der Waals surface area contributed by atoms with Gasteiger partial charge in [0.2, 0.25) is 5.75 Å². The van der Waals surface area contributed by atoms with Crippen LogP contribution in [-0.4, -0.2) is 75.1 Å². The Morgan fingerprint density at radius 2 is 1.65 bits per heavy atom. The van der Waals surface area contributed by atoms with Crippen molar-refractivity contribution in [3.05, 3.63) is 53.6 Å². The zero-order valence-electron chi connectivity index (χ0n) is 19.0. The highest BCUT2D eigenvalue weighted by Gasteiger charge is 2.26. The molecule has 6 nitrogen and oxygen atoms in total. The fourth-order valence-electron chi connectivity index (χ4n) is 4.43. The van der Waals surface area contributed by atoms with Crippen LogP contribution in [0.4, 0.5) is 0 Å². The predicted molar refractivity (Wildman–Crippen MR) is 123 cm³/mol. The van der Waals surface area contributed by atoms with Crippen molar-refractivity contribution < 1.29 is 19.3 Å². The van der Waals surface area contributed by atoms with Crippen molar-refractivity contribution in [3.8, 4) is 17.2 Å². The second-order valence-corrected chi connectivity index (χ2v) is 8.06. The van der Waals surface area contributed by atoms with Gasteiger partial charge in [-0.1, -0.05) is 30.3 Å². The summed E-state index contributed by atoms with van der Waals surface area (Å²) in [5.74, 6) is 1.99. The average molecular weight is 429 g/mol. The quantitative estimate of drug-likeness (QED) is 0.593. The molecule has 0 aromatic heterocycles. The molecule has 1 saturated heterocycles. The first-order chi connectivity index (χ1) is 15.2. The molecule has 170 valence electrons.